The van der Waals surface area contributed by atoms with Gasteiger partial charge < -0.3 is 0 Å². The molecule has 0 N–H and O–H groups in total. The molecule has 0 aromatic rings. The van der Waals surface area contributed by atoms with Gasteiger partial charge in [0.25, 0.3) is 0 Å². The Balaban J connectivity index is 0.000000327. The van der Waals surface area contributed by atoms with Gasteiger partial charge in [0.15, 0.2) is 0 Å². The van der Waals surface area contributed by atoms with Crippen molar-refractivity contribution >= 4 is 9.69 Å². The molecule has 0 aromatic carbocycles. The van der Waals surface area contributed by atoms with Crippen LogP contribution in [0.1, 0.15) is 60.3 Å². The fourth-order valence-corrected chi connectivity index (χ4v) is 2.26. The van der Waals surface area contributed by atoms with Gasteiger partial charge in [-0.1, -0.05) is 58.9 Å². The van der Waals surface area contributed by atoms with E-state index in [-0.39, 0.29) is 0 Å². The molecule has 5 radical (unpaired) electrons. The fourth-order valence-electron chi connectivity index (χ4n) is 2.26. The van der Waals surface area contributed by atoms with Crippen LogP contribution in [0.5, 0.6) is 0 Å². The van der Waals surface area contributed by atoms with Crippen LogP contribution in [0.2, 0.25) is 0 Å². The molecule has 0 heterocycles. The summed E-state index contributed by atoms with van der Waals surface area (Å²) in [5.41, 5.74) is 0. The van der Waals surface area contributed by atoms with E-state index in [1.807, 2.05) is 17.3 Å². The van der Waals surface area contributed by atoms with Crippen molar-refractivity contribution in [3.05, 3.63) is 53.9 Å². The maximum atomic E-state index is 4.57. The van der Waals surface area contributed by atoms with Crippen molar-refractivity contribution in [3.8, 4) is 0 Å². The molecule has 0 aliphatic heterocycles. The third-order valence-electron chi connectivity index (χ3n) is 4.15. The Bertz CT molecular complexity index is 214. The van der Waals surface area contributed by atoms with E-state index in [1.54, 1.807) is 0 Å². The Morgan fingerprint density at radius 3 is 0.850 bits per heavy atom. The first kappa shape index (κ1) is 20.4. The Morgan fingerprint density at radius 2 is 0.700 bits per heavy atom. The van der Waals surface area contributed by atoms with Crippen molar-refractivity contribution in [2.45, 2.75) is 60.3 Å². The van der Waals surface area contributed by atoms with Crippen molar-refractivity contribution < 1.29 is 17.3 Å². The summed E-state index contributed by atoms with van der Waals surface area (Å²) < 4.78 is 0. The van der Waals surface area contributed by atoms with E-state index in [2.05, 4.69) is 68.6 Å². The Hall–Kier alpha value is 0.393. The van der Waals surface area contributed by atoms with Crippen molar-refractivity contribution in [2.24, 2.45) is 0 Å². The predicted octanol–water partition coefficient (Wildman–Crippen LogP) is 6.33. The Morgan fingerprint density at radius 1 is 0.550 bits per heavy atom. The average molecular weight is 380 g/mol. The summed E-state index contributed by atoms with van der Waals surface area (Å²) in [4.78, 5) is 0. The standard InChI is InChI=1S/C10H15.C8H12.ClH.Ru/c1-6-7(2)9(4)10(5)8(6)3;1-2-4-6-8-7-5-3-1;;/h1-5H3;1-2,7-8H,3-6H2;1H;/q;;;+2/p-1. The molecule has 2 rings (SSSR count). The zero-order valence-electron chi connectivity index (χ0n) is 13.4. The number of hydrogen-bond acceptors (Lipinski definition) is 0. The monoisotopic (exact) mass is 380 g/mol. The first-order valence-corrected chi connectivity index (χ1v) is 9.42. The second kappa shape index (κ2) is 12.0. The Labute approximate surface area is 141 Å². The summed E-state index contributed by atoms with van der Waals surface area (Å²) in [7, 11) is 4.57. The van der Waals surface area contributed by atoms with Gasteiger partial charge in [-0.25, -0.2) is 0 Å². The van der Waals surface area contributed by atoms with Crippen molar-refractivity contribution in [1.82, 2.24) is 0 Å². The van der Waals surface area contributed by atoms with Crippen LogP contribution in [0.4, 0.5) is 0 Å². The molecule has 1 saturated carbocycles. The second-order valence-corrected chi connectivity index (χ2v) is 5.22. The van der Waals surface area contributed by atoms with Crippen LogP contribution in [0, 0.1) is 29.6 Å². The van der Waals surface area contributed by atoms with E-state index >= 15 is 0 Å². The zero-order valence-corrected chi connectivity index (χ0v) is 15.9. The van der Waals surface area contributed by atoms with Crippen molar-refractivity contribution in [3.63, 3.8) is 0 Å². The molecule has 0 aromatic heterocycles. The van der Waals surface area contributed by atoms with Gasteiger partial charge in [-0.2, -0.15) is 0 Å². The molecule has 0 nitrogen and oxygen atoms in total. The first-order valence-electron chi connectivity index (χ1n) is 7.18. The van der Waals surface area contributed by atoms with Gasteiger partial charge in [-0.15, -0.1) is 0 Å². The molecule has 0 saturated heterocycles. The third-order valence-corrected chi connectivity index (χ3v) is 4.15. The number of halogens is 1. The molecular formula is C18H27ClRu+. The molecule has 0 atom stereocenters. The number of allylic oxidation sites excluding steroid dienone is 4. The molecule has 2 aliphatic carbocycles. The maximum absolute atomic E-state index is 4.57. The van der Waals surface area contributed by atoms with Gasteiger partial charge in [0, 0.05) is 0 Å². The van der Waals surface area contributed by atoms with Crippen LogP contribution in [0.15, 0.2) is 24.3 Å². The summed E-state index contributed by atoms with van der Waals surface area (Å²) in [6, 6.07) is 0. The molecule has 113 valence electrons. The molecule has 0 spiro atoms. The quantitative estimate of drug-likeness (QED) is 0.340. The summed E-state index contributed by atoms with van der Waals surface area (Å²) in [6.45, 7) is 11.0. The van der Waals surface area contributed by atoms with Gasteiger partial charge in [-0.05, 0) is 55.3 Å². The molecule has 20 heavy (non-hydrogen) atoms. The predicted molar refractivity (Wildman–Crippen MR) is 87.2 cm³/mol. The molecule has 0 bridgehead atoms. The van der Waals surface area contributed by atoms with E-state index in [0.717, 1.165) is 0 Å². The molecule has 1 fully saturated rings. The van der Waals surface area contributed by atoms with Crippen LogP contribution in [0.3, 0.4) is 0 Å². The van der Waals surface area contributed by atoms with Gasteiger partial charge >= 0.3 is 27.0 Å². The van der Waals surface area contributed by atoms with Gasteiger partial charge in [0.2, 0.25) is 0 Å². The van der Waals surface area contributed by atoms with Crippen LogP contribution < -0.4 is 0 Å². The Kier molecular flexibility index (Phi) is 12.2. The minimum atomic E-state index is 1.23. The minimum absolute atomic E-state index is 1.23. The SMILES string of the molecule is C1=CCCC=CCC1.C[C]1[C](C)[C](C)[C](C)[C]1C.[Cl][Ru+]. The molecule has 0 amide bonds. The first-order chi connectivity index (χ1) is 9.55. The zero-order chi connectivity index (χ0) is 15.5. The summed E-state index contributed by atoms with van der Waals surface area (Å²) in [5.74, 6) is 7.34. The number of hydrogen-bond donors (Lipinski definition) is 0. The number of rotatable bonds is 0. The van der Waals surface area contributed by atoms with E-state index in [9.17, 15) is 0 Å². The third kappa shape index (κ3) is 6.90. The topological polar surface area (TPSA) is 0 Å². The van der Waals surface area contributed by atoms with Crippen LogP contribution in [0.25, 0.3) is 0 Å². The molecule has 2 heteroatoms. The summed E-state index contributed by atoms with van der Waals surface area (Å²) in [6.07, 6.45) is 14.0. The van der Waals surface area contributed by atoms with Crippen LogP contribution in [-0.2, 0) is 17.3 Å². The van der Waals surface area contributed by atoms with Gasteiger partial charge in [0.05, 0.1) is 0 Å². The van der Waals surface area contributed by atoms with Crippen molar-refractivity contribution in [2.75, 3.05) is 0 Å². The molecular weight excluding hydrogens is 353 g/mol. The normalized spacial score (nSPS) is 22.6. The van der Waals surface area contributed by atoms with Crippen molar-refractivity contribution in [1.29, 1.82) is 0 Å². The van der Waals surface area contributed by atoms with E-state index in [1.165, 1.54) is 55.3 Å². The van der Waals surface area contributed by atoms with E-state index < -0.39 is 0 Å². The summed E-state index contributed by atoms with van der Waals surface area (Å²) >= 11 is 1.82. The fraction of sp³-hybridized carbons (Fsp3) is 0.500. The van der Waals surface area contributed by atoms with Gasteiger partial charge in [-0.3, -0.25) is 0 Å². The van der Waals surface area contributed by atoms with Gasteiger partial charge in [0.1, 0.15) is 0 Å². The van der Waals surface area contributed by atoms with E-state index in [0.29, 0.717) is 0 Å². The van der Waals surface area contributed by atoms with Crippen LogP contribution >= 0.6 is 9.69 Å². The molecule has 0 unspecified atom stereocenters. The van der Waals surface area contributed by atoms with Crippen LogP contribution in [-0.4, -0.2) is 0 Å². The summed E-state index contributed by atoms with van der Waals surface area (Å²) in [5, 5.41) is 0. The molecule has 2 aliphatic rings. The average Bonchev–Trinajstić information content (AvgIpc) is 2.59. The second-order valence-electron chi connectivity index (χ2n) is 5.22. The van der Waals surface area contributed by atoms with E-state index in [4.69, 9.17) is 0 Å².